The number of carbonyl (C=O) groups excluding carboxylic acids is 1. The van der Waals surface area contributed by atoms with Crippen molar-refractivity contribution >= 4 is 15.9 Å². The first-order valence-corrected chi connectivity index (χ1v) is 6.78. The van der Waals surface area contributed by atoms with Crippen molar-refractivity contribution in [3.8, 4) is 0 Å². The van der Waals surface area contributed by atoms with Crippen molar-refractivity contribution in [1.29, 1.82) is 0 Å². The molecular weight excluding hydrogens is 216 g/mol. The van der Waals surface area contributed by atoms with Crippen molar-refractivity contribution in [2.75, 3.05) is 13.1 Å². The molecule has 0 aromatic carbocycles. The largest absolute Gasteiger partial charge is 0.316 e. The summed E-state index contributed by atoms with van der Waals surface area (Å²) in [5.74, 6) is -0.735. The van der Waals surface area contributed by atoms with Gasteiger partial charge >= 0.3 is 0 Å². The predicted molar refractivity (Wildman–Crippen MR) is 57.8 cm³/mol. The number of rotatable bonds is 6. The minimum atomic E-state index is -3.38. The van der Waals surface area contributed by atoms with Crippen LogP contribution in [0.2, 0.25) is 0 Å². The van der Waals surface area contributed by atoms with Crippen molar-refractivity contribution in [2.45, 2.75) is 31.9 Å². The molecule has 1 saturated carbocycles. The standard InChI is InChI=1S/C9H18N2O3S/c1-3-10-6-7(2)9(12)11-15(13,14)8-4-5-8/h7-8,10H,3-6H2,1-2H3,(H,11,12). The number of sulfonamides is 1. The van der Waals surface area contributed by atoms with Gasteiger partial charge in [-0.25, -0.2) is 8.42 Å². The summed E-state index contributed by atoms with van der Waals surface area (Å²) >= 11 is 0. The fourth-order valence-corrected chi connectivity index (χ4v) is 2.56. The first-order valence-electron chi connectivity index (χ1n) is 5.23. The van der Waals surface area contributed by atoms with Gasteiger partial charge in [-0.2, -0.15) is 0 Å². The molecule has 1 aliphatic carbocycles. The van der Waals surface area contributed by atoms with Gasteiger partial charge in [0.15, 0.2) is 0 Å². The Labute approximate surface area is 90.7 Å². The summed E-state index contributed by atoms with van der Waals surface area (Å²) in [5, 5.41) is 2.66. The second-order valence-electron chi connectivity index (χ2n) is 3.92. The van der Waals surface area contributed by atoms with E-state index >= 15 is 0 Å². The molecule has 1 amide bonds. The van der Waals surface area contributed by atoms with Gasteiger partial charge in [0.2, 0.25) is 15.9 Å². The predicted octanol–water partition coefficient (Wildman–Crippen LogP) is -0.160. The molecule has 6 heteroatoms. The fourth-order valence-electron chi connectivity index (χ4n) is 1.16. The lowest BCUT2D eigenvalue weighted by atomic mass is 10.2. The van der Waals surface area contributed by atoms with E-state index in [0.29, 0.717) is 19.4 Å². The van der Waals surface area contributed by atoms with Crippen LogP contribution in [0.4, 0.5) is 0 Å². The van der Waals surface area contributed by atoms with E-state index in [1.165, 1.54) is 0 Å². The normalized spacial score (nSPS) is 18.5. The summed E-state index contributed by atoms with van der Waals surface area (Å²) in [6.45, 7) is 4.92. The molecule has 1 atom stereocenters. The van der Waals surface area contributed by atoms with E-state index in [2.05, 4.69) is 10.0 Å². The van der Waals surface area contributed by atoms with Crippen molar-refractivity contribution in [2.24, 2.45) is 5.92 Å². The molecule has 15 heavy (non-hydrogen) atoms. The Morgan fingerprint density at radius 3 is 2.53 bits per heavy atom. The van der Waals surface area contributed by atoms with Gasteiger partial charge in [-0.15, -0.1) is 0 Å². The maximum atomic E-state index is 11.5. The van der Waals surface area contributed by atoms with Gasteiger partial charge in [0.25, 0.3) is 0 Å². The molecule has 0 heterocycles. The Bertz CT molecular complexity index is 322. The summed E-state index contributed by atoms with van der Waals surface area (Å²) in [4.78, 5) is 11.5. The van der Waals surface area contributed by atoms with Crippen LogP contribution < -0.4 is 10.0 Å². The Balaban J connectivity index is 2.40. The maximum absolute atomic E-state index is 11.5. The molecule has 0 aromatic heterocycles. The van der Waals surface area contributed by atoms with Crippen molar-refractivity contribution < 1.29 is 13.2 Å². The first-order chi connectivity index (χ1) is 6.97. The number of hydrogen-bond acceptors (Lipinski definition) is 4. The third kappa shape index (κ3) is 3.79. The van der Waals surface area contributed by atoms with Gasteiger partial charge in [-0.3, -0.25) is 9.52 Å². The third-order valence-electron chi connectivity index (χ3n) is 2.35. The molecule has 0 bridgehead atoms. The molecular formula is C9H18N2O3S. The van der Waals surface area contributed by atoms with Gasteiger partial charge < -0.3 is 5.32 Å². The van der Waals surface area contributed by atoms with Crippen LogP contribution >= 0.6 is 0 Å². The molecule has 1 unspecified atom stereocenters. The molecule has 1 fully saturated rings. The monoisotopic (exact) mass is 234 g/mol. The summed E-state index contributed by atoms with van der Waals surface area (Å²) in [6.07, 6.45) is 1.34. The minimum Gasteiger partial charge on any atom is -0.316 e. The van der Waals surface area contributed by atoms with Gasteiger partial charge in [0.1, 0.15) is 0 Å². The van der Waals surface area contributed by atoms with Gasteiger partial charge in [0.05, 0.1) is 5.25 Å². The second-order valence-corrected chi connectivity index (χ2v) is 5.88. The Kier molecular flexibility index (Phi) is 4.10. The summed E-state index contributed by atoms with van der Waals surface area (Å²) in [5.41, 5.74) is 0. The van der Waals surface area contributed by atoms with Crippen LogP contribution in [0, 0.1) is 5.92 Å². The van der Waals surface area contributed by atoms with E-state index < -0.39 is 15.9 Å². The fraction of sp³-hybridized carbons (Fsp3) is 0.889. The maximum Gasteiger partial charge on any atom is 0.237 e. The highest BCUT2D eigenvalue weighted by atomic mass is 32.2. The van der Waals surface area contributed by atoms with Gasteiger partial charge in [0, 0.05) is 12.5 Å². The highest BCUT2D eigenvalue weighted by molar-refractivity contribution is 7.90. The van der Waals surface area contributed by atoms with E-state index in [-0.39, 0.29) is 11.2 Å². The smallest absolute Gasteiger partial charge is 0.237 e. The number of carbonyl (C=O) groups is 1. The Morgan fingerprint density at radius 1 is 1.47 bits per heavy atom. The number of nitrogens with one attached hydrogen (secondary N) is 2. The zero-order valence-electron chi connectivity index (χ0n) is 9.12. The second kappa shape index (κ2) is 4.94. The molecule has 0 aliphatic heterocycles. The zero-order valence-corrected chi connectivity index (χ0v) is 9.93. The average molecular weight is 234 g/mol. The van der Waals surface area contributed by atoms with Crippen LogP contribution in [0.15, 0.2) is 0 Å². The van der Waals surface area contributed by atoms with E-state index in [9.17, 15) is 13.2 Å². The zero-order chi connectivity index (χ0) is 11.5. The first kappa shape index (κ1) is 12.4. The van der Waals surface area contributed by atoms with E-state index in [1.54, 1.807) is 6.92 Å². The Morgan fingerprint density at radius 2 is 2.07 bits per heavy atom. The SMILES string of the molecule is CCNCC(C)C(=O)NS(=O)(=O)C1CC1. The van der Waals surface area contributed by atoms with E-state index in [1.807, 2.05) is 6.92 Å². The topological polar surface area (TPSA) is 75.3 Å². The van der Waals surface area contributed by atoms with Crippen molar-refractivity contribution in [3.05, 3.63) is 0 Å². The van der Waals surface area contributed by atoms with Gasteiger partial charge in [-0.1, -0.05) is 13.8 Å². The Hall–Kier alpha value is -0.620. The highest BCUT2D eigenvalue weighted by Gasteiger charge is 2.37. The van der Waals surface area contributed by atoms with Crippen LogP contribution in [0.3, 0.4) is 0 Å². The highest BCUT2D eigenvalue weighted by Crippen LogP contribution is 2.27. The minimum absolute atomic E-state index is 0.321. The lowest BCUT2D eigenvalue weighted by molar-refractivity contribution is -0.122. The van der Waals surface area contributed by atoms with Crippen LogP contribution in [0.5, 0.6) is 0 Å². The molecule has 0 saturated heterocycles. The molecule has 1 aliphatic rings. The molecule has 2 N–H and O–H groups in total. The number of hydrogen-bond donors (Lipinski definition) is 2. The van der Waals surface area contributed by atoms with Crippen LogP contribution in [0.1, 0.15) is 26.7 Å². The molecule has 0 aromatic rings. The number of amides is 1. The molecule has 1 rings (SSSR count). The molecule has 5 nitrogen and oxygen atoms in total. The summed E-state index contributed by atoms with van der Waals surface area (Å²) in [7, 11) is -3.38. The molecule has 0 radical (unpaired) electrons. The van der Waals surface area contributed by atoms with Crippen LogP contribution in [0.25, 0.3) is 0 Å². The molecule has 0 spiro atoms. The van der Waals surface area contributed by atoms with Crippen molar-refractivity contribution in [1.82, 2.24) is 10.0 Å². The van der Waals surface area contributed by atoms with Crippen molar-refractivity contribution in [3.63, 3.8) is 0 Å². The lowest BCUT2D eigenvalue weighted by Crippen LogP contribution is -2.40. The third-order valence-corrected chi connectivity index (χ3v) is 4.19. The lowest BCUT2D eigenvalue weighted by Gasteiger charge is -2.12. The quantitative estimate of drug-likeness (QED) is 0.669. The van der Waals surface area contributed by atoms with E-state index in [4.69, 9.17) is 0 Å². The van der Waals surface area contributed by atoms with Crippen LogP contribution in [-0.2, 0) is 14.8 Å². The van der Waals surface area contributed by atoms with E-state index in [0.717, 1.165) is 6.54 Å². The van der Waals surface area contributed by atoms with Gasteiger partial charge in [-0.05, 0) is 19.4 Å². The summed E-state index contributed by atoms with van der Waals surface area (Å²) < 4.78 is 25.0. The molecule has 88 valence electrons. The van der Waals surface area contributed by atoms with Crippen LogP contribution in [-0.4, -0.2) is 32.7 Å². The summed E-state index contributed by atoms with van der Waals surface area (Å²) in [6, 6.07) is 0. The average Bonchev–Trinajstić information content (AvgIpc) is 2.96.